The van der Waals surface area contributed by atoms with Crippen molar-refractivity contribution in [1.82, 2.24) is 9.62 Å². The van der Waals surface area contributed by atoms with Crippen molar-refractivity contribution in [2.75, 3.05) is 33.6 Å². The van der Waals surface area contributed by atoms with Crippen LogP contribution in [0.3, 0.4) is 0 Å². The molecule has 1 N–H and O–H groups in total. The molecule has 1 fully saturated rings. The Morgan fingerprint density at radius 1 is 1.24 bits per heavy atom. The largest absolute Gasteiger partial charge is 0.493 e. The van der Waals surface area contributed by atoms with E-state index in [4.69, 9.17) is 9.47 Å². The number of hydrogen-bond acceptors (Lipinski definition) is 5. The number of rotatable bonds is 8. The number of piperidine rings is 1. The van der Waals surface area contributed by atoms with Crippen LogP contribution in [0, 0.1) is 0 Å². The number of hydrogen-bond donors (Lipinski definition) is 1. The highest BCUT2D eigenvalue weighted by Gasteiger charge is 2.23. The van der Waals surface area contributed by atoms with Gasteiger partial charge in [0, 0.05) is 23.6 Å². The van der Waals surface area contributed by atoms with Crippen LogP contribution in [0.25, 0.3) is 0 Å². The highest BCUT2D eigenvalue weighted by molar-refractivity contribution is 9.10. The number of likely N-dealkylation sites (tertiary alicyclic amines) is 1. The van der Waals surface area contributed by atoms with Crippen LogP contribution in [-0.2, 0) is 16.6 Å². The Bertz CT molecular complexity index is 681. The van der Waals surface area contributed by atoms with E-state index < -0.39 is 10.0 Å². The topological polar surface area (TPSA) is 67.9 Å². The van der Waals surface area contributed by atoms with Gasteiger partial charge in [-0.05, 0) is 43.5 Å². The Morgan fingerprint density at radius 2 is 1.92 bits per heavy atom. The van der Waals surface area contributed by atoms with Gasteiger partial charge in [-0.3, -0.25) is 4.90 Å². The number of sulfonamides is 1. The van der Waals surface area contributed by atoms with Crippen molar-refractivity contribution in [2.45, 2.75) is 38.3 Å². The van der Waals surface area contributed by atoms with Crippen LogP contribution in [0.15, 0.2) is 16.6 Å². The maximum atomic E-state index is 11.3. The molecule has 1 heterocycles. The van der Waals surface area contributed by atoms with Crippen molar-refractivity contribution in [1.29, 1.82) is 0 Å². The van der Waals surface area contributed by atoms with Crippen molar-refractivity contribution in [2.24, 2.45) is 0 Å². The summed E-state index contributed by atoms with van der Waals surface area (Å²) in [5, 5.41) is 0. The van der Waals surface area contributed by atoms with Gasteiger partial charge in [0.2, 0.25) is 10.0 Å². The maximum Gasteiger partial charge on any atom is 0.208 e. The summed E-state index contributed by atoms with van der Waals surface area (Å²) in [5.41, 5.74) is 1.14. The van der Waals surface area contributed by atoms with E-state index in [9.17, 15) is 8.42 Å². The molecule has 1 aromatic rings. The minimum Gasteiger partial charge on any atom is -0.493 e. The van der Waals surface area contributed by atoms with E-state index in [1.54, 1.807) is 14.2 Å². The third-order valence-corrected chi connectivity index (χ3v) is 5.98. The molecule has 1 saturated heterocycles. The number of nitrogens with zero attached hydrogens (tertiary/aromatic N) is 1. The lowest BCUT2D eigenvalue weighted by Crippen LogP contribution is -2.41. The van der Waals surface area contributed by atoms with Gasteiger partial charge < -0.3 is 9.47 Å². The zero-order valence-corrected chi connectivity index (χ0v) is 17.5. The normalized spacial score (nSPS) is 19.0. The van der Waals surface area contributed by atoms with Crippen LogP contribution in [0.2, 0.25) is 0 Å². The Kier molecular flexibility index (Phi) is 7.54. The lowest BCUT2D eigenvalue weighted by molar-refractivity contribution is 0.133. The SMILES string of the molecule is COc1cc(Br)c(CN2CCCCC2CCNS(C)(=O)=O)cc1OC. The molecule has 0 bridgehead atoms. The zero-order chi connectivity index (χ0) is 18.4. The van der Waals surface area contributed by atoms with E-state index in [0.29, 0.717) is 24.1 Å². The van der Waals surface area contributed by atoms with Crippen molar-refractivity contribution in [3.63, 3.8) is 0 Å². The highest BCUT2D eigenvalue weighted by atomic mass is 79.9. The Morgan fingerprint density at radius 3 is 2.56 bits per heavy atom. The zero-order valence-electron chi connectivity index (χ0n) is 15.0. The molecule has 8 heteroatoms. The van der Waals surface area contributed by atoms with Crippen molar-refractivity contribution < 1.29 is 17.9 Å². The summed E-state index contributed by atoms with van der Waals surface area (Å²) >= 11 is 3.62. The first kappa shape index (κ1) is 20.5. The van der Waals surface area contributed by atoms with Gasteiger partial charge in [-0.1, -0.05) is 22.4 Å². The van der Waals surface area contributed by atoms with Crippen LogP contribution in [0.4, 0.5) is 0 Å². The Labute approximate surface area is 159 Å². The van der Waals surface area contributed by atoms with Crippen LogP contribution in [0.1, 0.15) is 31.2 Å². The van der Waals surface area contributed by atoms with E-state index in [1.807, 2.05) is 12.1 Å². The van der Waals surface area contributed by atoms with Gasteiger partial charge in [0.25, 0.3) is 0 Å². The first-order chi connectivity index (χ1) is 11.8. The third kappa shape index (κ3) is 6.13. The minimum atomic E-state index is -3.13. The number of halogens is 1. The molecule has 0 spiro atoms. The van der Waals surface area contributed by atoms with Crippen LogP contribution < -0.4 is 14.2 Å². The molecule has 1 aliphatic heterocycles. The van der Waals surface area contributed by atoms with Crippen LogP contribution >= 0.6 is 15.9 Å². The summed E-state index contributed by atoms with van der Waals surface area (Å²) in [6, 6.07) is 4.31. The van der Waals surface area contributed by atoms with Crippen molar-refractivity contribution >= 4 is 26.0 Å². The molecule has 6 nitrogen and oxygen atoms in total. The summed E-state index contributed by atoms with van der Waals surface area (Å²) in [6.45, 7) is 2.29. The van der Waals surface area contributed by atoms with E-state index in [0.717, 1.165) is 36.0 Å². The van der Waals surface area contributed by atoms with E-state index in [1.165, 1.54) is 19.1 Å². The average molecular weight is 435 g/mol. The maximum absolute atomic E-state index is 11.3. The molecule has 1 atom stereocenters. The molecule has 0 saturated carbocycles. The lowest BCUT2D eigenvalue weighted by atomic mass is 9.98. The van der Waals surface area contributed by atoms with Gasteiger partial charge in [-0.15, -0.1) is 0 Å². The summed E-state index contributed by atoms with van der Waals surface area (Å²) in [4.78, 5) is 2.43. The predicted octanol–water partition coefficient (Wildman–Crippen LogP) is 2.76. The fraction of sp³-hybridized carbons (Fsp3) is 0.647. The van der Waals surface area contributed by atoms with Gasteiger partial charge >= 0.3 is 0 Å². The molecule has 0 aliphatic carbocycles. The number of ether oxygens (including phenoxy) is 2. The molecule has 1 aliphatic rings. The van der Waals surface area contributed by atoms with Gasteiger partial charge in [-0.2, -0.15) is 0 Å². The standard InChI is InChI=1S/C17H27BrN2O4S/c1-23-16-10-13(15(18)11-17(16)24-2)12-20-9-5-4-6-14(20)7-8-19-25(3,21)22/h10-11,14,19H,4-9,12H2,1-3H3. The lowest BCUT2D eigenvalue weighted by Gasteiger charge is -2.36. The molecule has 1 unspecified atom stereocenters. The minimum absolute atomic E-state index is 0.378. The molecule has 0 radical (unpaired) electrons. The van der Waals surface area contributed by atoms with Crippen LogP contribution in [0.5, 0.6) is 11.5 Å². The quantitative estimate of drug-likeness (QED) is 0.680. The number of nitrogens with one attached hydrogen (secondary N) is 1. The molecular weight excluding hydrogens is 408 g/mol. The first-order valence-electron chi connectivity index (χ1n) is 8.43. The second kappa shape index (κ2) is 9.21. The van der Waals surface area contributed by atoms with E-state index >= 15 is 0 Å². The van der Waals surface area contributed by atoms with Gasteiger partial charge in [-0.25, -0.2) is 13.1 Å². The second-order valence-electron chi connectivity index (χ2n) is 6.37. The van der Waals surface area contributed by atoms with Crippen LogP contribution in [-0.4, -0.2) is 52.9 Å². The number of methoxy groups -OCH3 is 2. The molecule has 25 heavy (non-hydrogen) atoms. The average Bonchev–Trinajstić information content (AvgIpc) is 2.56. The van der Waals surface area contributed by atoms with Crippen molar-refractivity contribution in [3.8, 4) is 11.5 Å². The molecule has 0 amide bonds. The molecule has 0 aromatic heterocycles. The molecular formula is C17H27BrN2O4S. The molecule has 2 rings (SSSR count). The van der Waals surface area contributed by atoms with Gasteiger partial charge in [0.05, 0.1) is 20.5 Å². The fourth-order valence-electron chi connectivity index (χ4n) is 3.24. The van der Waals surface area contributed by atoms with E-state index in [2.05, 4.69) is 25.6 Å². The first-order valence-corrected chi connectivity index (χ1v) is 11.1. The summed E-state index contributed by atoms with van der Waals surface area (Å²) < 4.78 is 36.9. The van der Waals surface area contributed by atoms with Gasteiger partial charge in [0.1, 0.15) is 0 Å². The summed E-state index contributed by atoms with van der Waals surface area (Å²) in [5.74, 6) is 1.42. The Balaban J connectivity index is 2.08. The summed E-state index contributed by atoms with van der Waals surface area (Å²) in [7, 11) is 0.128. The fourth-order valence-corrected chi connectivity index (χ4v) is 4.18. The van der Waals surface area contributed by atoms with E-state index in [-0.39, 0.29) is 0 Å². The second-order valence-corrected chi connectivity index (χ2v) is 9.06. The third-order valence-electron chi connectivity index (χ3n) is 4.52. The summed E-state index contributed by atoms with van der Waals surface area (Å²) in [6.07, 6.45) is 5.47. The number of benzene rings is 1. The van der Waals surface area contributed by atoms with Gasteiger partial charge in [0.15, 0.2) is 11.5 Å². The molecule has 142 valence electrons. The molecule has 1 aromatic carbocycles. The highest BCUT2D eigenvalue weighted by Crippen LogP contribution is 2.34. The monoisotopic (exact) mass is 434 g/mol. The smallest absolute Gasteiger partial charge is 0.208 e. The predicted molar refractivity (Wildman–Crippen MR) is 103 cm³/mol. The van der Waals surface area contributed by atoms with Crippen molar-refractivity contribution in [3.05, 3.63) is 22.2 Å². The Hall–Kier alpha value is -0.830.